The predicted molar refractivity (Wildman–Crippen MR) is 37.8 cm³/mol. The molecule has 1 rings (SSSR count). The van der Waals surface area contributed by atoms with Gasteiger partial charge in [-0.1, -0.05) is 19.4 Å². The van der Waals surface area contributed by atoms with Crippen LogP contribution in [-0.4, -0.2) is 0 Å². The second-order valence-electron chi connectivity index (χ2n) is 2.54. The van der Waals surface area contributed by atoms with Crippen molar-refractivity contribution in [3.8, 4) is 0 Å². The topological polar surface area (TPSA) is 0 Å². The molecule has 1 aromatic carbocycles. The Hall–Kier alpha value is -0.920. The molecule has 0 aliphatic carbocycles. The van der Waals surface area contributed by atoms with Gasteiger partial charge in [-0.3, -0.25) is 0 Å². The molecule has 0 N–H and O–H groups in total. The molecule has 0 radical (unpaired) electrons. The zero-order valence-electron chi connectivity index (χ0n) is 6.29. The summed E-state index contributed by atoms with van der Waals surface area (Å²) in [6.07, 6.45) is 0. The Labute approximate surface area is 74.1 Å². The maximum atomic E-state index is 12.3. The molecular weight excluding hydrogens is 237 g/mol. The van der Waals surface area contributed by atoms with Gasteiger partial charge in [0.25, 0.3) is 0 Å². The second-order valence-corrected chi connectivity index (χ2v) is 4.95. The van der Waals surface area contributed by atoms with Crippen LogP contribution in [0.1, 0.15) is 0 Å². The van der Waals surface area contributed by atoms with Crippen molar-refractivity contribution in [2.45, 2.75) is 4.90 Å². The molecule has 8 heteroatoms. The van der Waals surface area contributed by atoms with Crippen LogP contribution in [0.3, 0.4) is 0 Å². The van der Waals surface area contributed by atoms with Gasteiger partial charge in [0.2, 0.25) is 0 Å². The molecule has 0 unspecified atom stereocenters. The van der Waals surface area contributed by atoms with Crippen LogP contribution >= 0.6 is 10.2 Å². The van der Waals surface area contributed by atoms with Crippen molar-refractivity contribution in [1.82, 2.24) is 0 Å². The lowest BCUT2D eigenvalue weighted by Crippen LogP contribution is -2.06. The smallest absolute Gasteiger partial charge is 0.204 e. The van der Waals surface area contributed by atoms with E-state index in [9.17, 15) is 28.2 Å². The molecule has 0 saturated heterocycles. The zero-order valence-corrected chi connectivity index (χ0v) is 7.10. The van der Waals surface area contributed by atoms with Crippen molar-refractivity contribution >= 4 is 10.2 Å². The standard InChI is InChI=1S/C6H3F7S/c7-5-2-1-4(3-6(5)8)14(9,10,11,12)13/h1-3H. The van der Waals surface area contributed by atoms with Crippen LogP contribution in [0.5, 0.6) is 0 Å². The van der Waals surface area contributed by atoms with Crippen LogP contribution in [0.2, 0.25) is 0 Å². The van der Waals surface area contributed by atoms with Gasteiger partial charge < -0.3 is 0 Å². The van der Waals surface area contributed by atoms with E-state index in [1.54, 1.807) is 0 Å². The Bertz CT molecular complexity index is 378. The molecule has 82 valence electrons. The fourth-order valence-corrected chi connectivity index (χ4v) is 1.37. The predicted octanol–water partition coefficient (Wildman–Crippen LogP) is 4.62. The van der Waals surface area contributed by atoms with E-state index in [2.05, 4.69) is 0 Å². The fraction of sp³-hybridized carbons (Fsp3) is 0. The first-order valence-corrected chi connectivity index (χ1v) is 5.04. The largest absolute Gasteiger partial charge is 0.310 e. The van der Waals surface area contributed by atoms with Crippen LogP contribution in [0.4, 0.5) is 28.2 Å². The van der Waals surface area contributed by atoms with Gasteiger partial charge in [0.1, 0.15) is 4.90 Å². The van der Waals surface area contributed by atoms with E-state index >= 15 is 0 Å². The molecular formula is C6H3F7S. The van der Waals surface area contributed by atoms with Crippen molar-refractivity contribution in [2.24, 2.45) is 0 Å². The number of halogens is 7. The number of hydrogen-bond donors (Lipinski definition) is 0. The van der Waals surface area contributed by atoms with Crippen molar-refractivity contribution in [3.63, 3.8) is 0 Å². The molecule has 0 aromatic heterocycles. The minimum absolute atomic E-state index is 0.00255. The summed E-state index contributed by atoms with van der Waals surface area (Å²) in [4.78, 5) is -2.44. The van der Waals surface area contributed by atoms with Crippen molar-refractivity contribution < 1.29 is 28.2 Å². The summed E-state index contributed by atoms with van der Waals surface area (Å²) < 4.78 is 84.3. The lowest BCUT2D eigenvalue weighted by molar-refractivity contribution is 0.362. The van der Waals surface area contributed by atoms with E-state index in [1.165, 1.54) is 0 Å². The van der Waals surface area contributed by atoms with E-state index in [0.717, 1.165) is 0 Å². The van der Waals surface area contributed by atoms with Crippen LogP contribution < -0.4 is 0 Å². The SMILES string of the molecule is Fc1ccc(S(F)(F)(F)(F)F)cc1F. The van der Waals surface area contributed by atoms with Gasteiger partial charge in [-0.25, -0.2) is 8.78 Å². The molecule has 14 heavy (non-hydrogen) atoms. The van der Waals surface area contributed by atoms with Crippen LogP contribution in [0.15, 0.2) is 23.1 Å². The van der Waals surface area contributed by atoms with Gasteiger partial charge in [-0.2, -0.15) is 0 Å². The summed E-state index contributed by atoms with van der Waals surface area (Å²) in [5.41, 5.74) is 0. The van der Waals surface area contributed by atoms with E-state index in [1.807, 2.05) is 0 Å². The molecule has 1 aromatic rings. The maximum Gasteiger partial charge on any atom is 0.310 e. The molecule has 0 bridgehead atoms. The molecule has 0 atom stereocenters. The van der Waals surface area contributed by atoms with E-state index in [-0.39, 0.29) is 12.1 Å². The molecule has 0 fully saturated rings. The summed E-state index contributed by atoms with van der Waals surface area (Å²) in [7, 11) is -9.89. The van der Waals surface area contributed by atoms with Crippen LogP contribution in [-0.2, 0) is 0 Å². The van der Waals surface area contributed by atoms with Gasteiger partial charge in [0.05, 0.1) is 0 Å². The average molecular weight is 240 g/mol. The Morgan fingerprint density at radius 2 is 1.29 bits per heavy atom. The average Bonchev–Trinajstić information content (AvgIpc) is 1.89. The van der Waals surface area contributed by atoms with Crippen LogP contribution in [0.25, 0.3) is 0 Å². The summed E-state index contributed by atoms with van der Waals surface area (Å²) in [6.45, 7) is 0. The van der Waals surface area contributed by atoms with Gasteiger partial charge in [-0.15, -0.1) is 0 Å². The zero-order chi connectivity index (χ0) is 11.3. The van der Waals surface area contributed by atoms with E-state index in [4.69, 9.17) is 0 Å². The third-order valence-corrected chi connectivity index (χ3v) is 2.48. The molecule has 0 nitrogen and oxygen atoms in total. The molecule has 0 spiro atoms. The summed E-state index contributed by atoms with van der Waals surface area (Å²) in [5, 5.41) is 0. The highest BCUT2D eigenvalue weighted by atomic mass is 32.5. The van der Waals surface area contributed by atoms with Crippen LogP contribution in [0, 0.1) is 11.6 Å². The Morgan fingerprint density at radius 3 is 1.64 bits per heavy atom. The molecule has 0 aliphatic heterocycles. The first-order chi connectivity index (χ1) is 5.90. The van der Waals surface area contributed by atoms with Crippen molar-refractivity contribution in [1.29, 1.82) is 0 Å². The highest BCUT2D eigenvalue weighted by molar-refractivity contribution is 8.45. The number of hydrogen-bond acceptors (Lipinski definition) is 0. The van der Waals surface area contributed by atoms with E-state index in [0.29, 0.717) is 0 Å². The second kappa shape index (κ2) is 2.18. The summed E-state index contributed by atoms with van der Waals surface area (Å²) >= 11 is 0. The molecule has 0 aliphatic rings. The number of rotatable bonds is 1. The summed E-state index contributed by atoms with van der Waals surface area (Å²) in [6, 6.07) is -0.751. The molecule has 0 heterocycles. The first kappa shape index (κ1) is 11.2. The maximum absolute atomic E-state index is 12.3. The third kappa shape index (κ3) is 2.31. The third-order valence-electron chi connectivity index (χ3n) is 1.34. The first-order valence-electron chi connectivity index (χ1n) is 3.09. The lowest BCUT2D eigenvalue weighted by Gasteiger charge is -2.40. The monoisotopic (exact) mass is 240 g/mol. The Balaban J connectivity index is 3.45. The van der Waals surface area contributed by atoms with Gasteiger partial charge in [0, 0.05) is 0 Å². The minimum atomic E-state index is -9.89. The van der Waals surface area contributed by atoms with Gasteiger partial charge in [-0.05, 0) is 18.2 Å². The quantitative estimate of drug-likeness (QED) is 0.628. The van der Waals surface area contributed by atoms with Gasteiger partial charge in [0.15, 0.2) is 11.6 Å². The summed E-state index contributed by atoms with van der Waals surface area (Å²) in [5.74, 6) is -3.58. The Morgan fingerprint density at radius 1 is 0.786 bits per heavy atom. The molecule has 0 amide bonds. The minimum Gasteiger partial charge on any atom is -0.204 e. The highest BCUT2D eigenvalue weighted by Gasteiger charge is 2.65. The number of benzene rings is 1. The van der Waals surface area contributed by atoms with Crippen molar-refractivity contribution in [3.05, 3.63) is 29.8 Å². The lowest BCUT2D eigenvalue weighted by atomic mass is 10.3. The highest BCUT2D eigenvalue weighted by Crippen LogP contribution is 3.02. The fourth-order valence-electron chi connectivity index (χ4n) is 0.717. The van der Waals surface area contributed by atoms with Crippen molar-refractivity contribution in [2.75, 3.05) is 0 Å². The van der Waals surface area contributed by atoms with E-state index < -0.39 is 32.8 Å². The molecule has 0 saturated carbocycles. The Kier molecular flexibility index (Phi) is 1.74. The van der Waals surface area contributed by atoms with Gasteiger partial charge >= 0.3 is 10.2 Å². The normalized spacial score (nSPS) is 17.4.